The van der Waals surface area contributed by atoms with Crippen LogP contribution in [0.4, 0.5) is 0 Å². The molecule has 1 aromatic rings. The first-order valence-electron chi connectivity index (χ1n) is 9.65. The fraction of sp³-hybridized carbons (Fsp3) is 0.524. The topological polar surface area (TPSA) is 154 Å². The van der Waals surface area contributed by atoms with Crippen molar-refractivity contribution in [3.8, 4) is 5.40 Å². The number of hydrogen-bond acceptors (Lipinski definition) is 11. The van der Waals surface area contributed by atoms with Crippen LogP contribution in [0.2, 0.25) is 0 Å². The van der Waals surface area contributed by atoms with Gasteiger partial charge in [0.2, 0.25) is 0 Å². The van der Waals surface area contributed by atoms with Gasteiger partial charge in [-0.15, -0.1) is 0 Å². The van der Waals surface area contributed by atoms with Gasteiger partial charge in [0.25, 0.3) is 0 Å². The van der Waals surface area contributed by atoms with Gasteiger partial charge in [0.1, 0.15) is 5.40 Å². The summed E-state index contributed by atoms with van der Waals surface area (Å²) in [7, 11) is 0. The van der Waals surface area contributed by atoms with Crippen molar-refractivity contribution in [1.29, 1.82) is 5.26 Å². The predicted molar refractivity (Wildman–Crippen MR) is 113 cm³/mol. The van der Waals surface area contributed by atoms with Crippen molar-refractivity contribution in [1.82, 2.24) is 14.7 Å². The summed E-state index contributed by atoms with van der Waals surface area (Å²) in [5, 5.41) is 43.7. The van der Waals surface area contributed by atoms with E-state index >= 15 is 0 Å². The number of carboxylic acid groups (broad SMARTS) is 3. The molecule has 0 aromatic heterocycles. The molecular formula is C21H29N4O6S-3. The highest BCUT2D eigenvalue weighted by molar-refractivity contribution is 8.03. The molecule has 1 rings (SSSR count). The van der Waals surface area contributed by atoms with Crippen LogP contribution in [0.5, 0.6) is 0 Å². The predicted octanol–water partition coefficient (Wildman–Crippen LogP) is -2.43. The Kier molecular flexibility index (Phi) is 14.7. The van der Waals surface area contributed by atoms with E-state index in [1.54, 1.807) is 45.9 Å². The molecule has 0 saturated carbocycles. The summed E-state index contributed by atoms with van der Waals surface area (Å²) in [4.78, 5) is 38.6. The van der Waals surface area contributed by atoms with Crippen LogP contribution in [0, 0.1) is 10.7 Å². The molecule has 11 heteroatoms. The largest absolute Gasteiger partial charge is 0.549 e. The number of carbonyl (C=O) groups is 3. The van der Waals surface area contributed by atoms with Gasteiger partial charge in [0.05, 0.1) is 17.9 Å². The smallest absolute Gasteiger partial charge is 0.138 e. The number of carboxylic acids is 3. The molecule has 0 N–H and O–H groups in total. The number of likely N-dealkylation sites (N-methyl/N-ethyl adjacent to an activating group) is 1. The van der Waals surface area contributed by atoms with Crippen LogP contribution < -0.4 is 15.3 Å². The number of benzene rings is 1. The first-order chi connectivity index (χ1) is 14.7. The summed E-state index contributed by atoms with van der Waals surface area (Å²) in [6.45, 7) is 2.68. The number of hydrogen-bond donors (Lipinski definition) is 0. The summed E-state index contributed by atoms with van der Waals surface area (Å²) in [5.74, 6) is -3.75. The lowest BCUT2D eigenvalue weighted by molar-refractivity contribution is -0.308. The molecule has 0 aliphatic carbocycles. The lowest BCUT2D eigenvalue weighted by atomic mass is 10.2. The normalized spacial score (nSPS) is 10.7. The second-order valence-corrected chi connectivity index (χ2v) is 7.67. The monoisotopic (exact) mass is 465 g/mol. The van der Waals surface area contributed by atoms with E-state index in [4.69, 9.17) is 5.26 Å². The average Bonchev–Trinajstić information content (AvgIpc) is 2.69. The highest BCUT2D eigenvalue weighted by Gasteiger charge is 2.13. The molecule has 0 heterocycles. The van der Waals surface area contributed by atoms with Crippen molar-refractivity contribution in [2.24, 2.45) is 0 Å². The number of nitrogens with zero attached hydrogens (tertiary/aromatic N) is 4. The Bertz CT molecular complexity index is 769. The lowest BCUT2D eigenvalue weighted by Gasteiger charge is -2.30. The van der Waals surface area contributed by atoms with Crippen molar-refractivity contribution in [2.75, 3.05) is 52.4 Å². The van der Waals surface area contributed by atoms with Crippen LogP contribution in [0.15, 0.2) is 29.2 Å². The van der Waals surface area contributed by atoms with Gasteiger partial charge in [-0.1, -0.05) is 26.5 Å². The van der Waals surface area contributed by atoms with E-state index in [-0.39, 0.29) is 46.7 Å². The minimum Gasteiger partial charge on any atom is -0.549 e. The first kappa shape index (κ1) is 29.4. The maximum absolute atomic E-state index is 11.1. The van der Waals surface area contributed by atoms with E-state index in [0.717, 1.165) is 22.2 Å². The Morgan fingerprint density at radius 3 is 1.75 bits per heavy atom. The maximum atomic E-state index is 11.1. The zero-order valence-corrected chi connectivity index (χ0v) is 18.1. The van der Waals surface area contributed by atoms with Crippen molar-refractivity contribution in [2.45, 2.75) is 25.8 Å². The maximum Gasteiger partial charge on any atom is 0.138 e. The Morgan fingerprint density at radius 2 is 1.28 bits per heavy atom. The van der Waals surface area contributed by atoms with Crippen LogP contribution in [0.1, 0.15) is 19.9 Å². The highest BCUT2D eigenvalue weighted by Crippen LogP contribution is 2.17. The van der Waals surface area contributed by atoms with E-state index in [1.807, 2.05) is 5.40 Å². The van der Waals surface area contributed by atoms with Gasteiger partial charge in [-0.2, -0.15) is 5.26 Å². The second-order valence-electron chi connectivity index (χ2n) is 6.81. The van der Waals surface area contributed by atoms with Gasteiger partial charge in [-0.25, -0.2) is 0 Å². The van der Waals surface area contributed by atoms with E-state index in [1.165, 1.54) is 0 Å². The molecule has 178 valence electrons. The minimum absolute atomic E-state index is 0. The number of carbonyl (C=O) groups excluding carboxylic acids is 3. The number of thiocyanates is 1. The first-order valence-corrected chi connectivity index (χ1v) is 10.5. The molecule has 0 unspecified atom stereocenters. The van der Waals surface area contributed by atoms with Gasteiger partial charge in [-0.05, 0) is 36.0 Å². The molecule has 10 nitrogen and oxygen atoms in total. The zero-order chi connectivity index (χ0) is 23.2. The quantitative estimate of drug-likeness (QED) is 0.189. The van der Waals surface area contributed by atoms with Crippen molar-refractivity contribution < 1.29 is 29.7 Å². The number of rotatable bonds is 16. The summed E-state index contributed by atoms with van der Waals surface area (Å²) >= 11 is 1.02. The van der Waals surface area contributed by atoms with Gasteiger partial charge in [-0.3, -0.25) is 14.7 Å². The van der Waals surface area contributed by atoms with Crippen LogP contribution in [-0.2, 0) is 20.9 Å². The Labute approximate surface area is 193 Å². The Balaban J connectivity index is 0.00000961. The minimum atomic E-state index is -1.28. The van der Waals surface area contributed by atoms with E-state index in [2.05, 4.69) is 0 Å². The molecule has 0 atom stereocenters. The van der Waals surface area contributed by atoms with Gasteiger partial charge in [0, 0.05) is 57.3 Å². The van der Waals surface area contributed by atoms with E-state index in [0.29, 0.717) is 19.6 Å². The van der Waals surface area contributed by atoms with Crippen molar-refractivity contribution in [3.05, 3.63) is 29.8 Å². The molecule has 0 saturated heterocycles. The Morgan fingerprint density at radius 1 is 0.844 bits per heavy atom. The molecule has 0 bridgehead atoms. The van der Waals surface area contributed by atoms with Gasteiger partial charge < -0.3 is 29.7 Å². The van der Waals surface area contributed by atoms with E-state index < -0.39 is 17.9 Å². The van der Waals surface area contributed by atoms with E-state index in [9.17, 15) is 29.7 Å². The fourth-order valence-corrected chi connectivity index (χ4v) is 3.30. The highest BCUT2D eigenvalue weighted by atomic mass is 32.2. The van der Waals surface area contributed by atoms with Crippen LogP contribution in [-0.4, -0.2) is 85.0 Å². The number of aliphatic carboxylic acids is 3. The SMILES string of the molecule is C.CCN(CCN(CCN(CC(=O)[O-])Cc1ccc(SC#N)cc1)CC(=O)[O-])CC(=O)[O-]. The molecule has 0 amide bonds. The average molecular weight is 466 g/mol. The molecule has 0 radical (unpaired) electrons. The summed E-state index contributed by atoms with van der Waals surface area (Å²) in [5.41, 5.74) is 0.834. The summed E-state index contributed by atoms with van der Waals surface area (Å²) in [6, 6.07) is 7.11. The molecule has 0 aliphatic rings. The standard InChI is InChI=1S/C20H28N4O6S.CH4/c1-2-22(12-18(25)26)7-8-23(13-19(27)28)9-10-24(14-20(29)30)11-16-3-5-17(6-4-16)31-15-21;/h3-6H,2,7-14H2,1H3,(H,25,26)(H,27,28)(H,29,30);1H4/p-3. The zero-order valence-electron chi connectivity index (χ0n) is 17.3. The fourth-order valence-electron chi connectivity index (χ4n) is 2.92. The third-order valence-electron chi connectivity index (χ3n) is 4.46. The van der Waals surface area contributed by atoms with Gasteiger partial charge >= 0.3 is 0 Å². The van der Waals surface area contributed by atoms with Crippen LogP contribution in [0.3, 0.4) is 0 Å². The summed E-state index contributed by atoms with van der Waals surface area (Å²) < 4.78 is 0. The molecular weight excluding hydrogens is 436 g/mol. The molecule has 1 aromatic carbocycles. The molecule has 0 aliphatic heterocycles. The number of thioether (sulfide) groups is 1. The van der Waals surface area contributed by atoms with Crippen molar-refractivity contribution >= 4 is 29.7 Å². The molecule has 0 fully saturated rings. The van der Waals surface area contributed by atoms with Crippen LogP contribution >= 0.6 is 11.8 Å². The second kappa shape index (κ2) is 16.0. The number of nitriles is 1. The third-order valence-corrected chi connectivity index (χ3v) is 5.06. The Hall–Kier alpha value is -2.65. The molecule has 0 spiro atoms. The molecule has 32 heavy (non-hydrogen) atoms. The lowest BCUT2D eigenvalue weighted by Crippen LogP contribution is -2.47. The van der Waals surface area contributed by atoms with Crippen LogP contribution in [0.25, 0.3) is 0 Å². The van der Waals surface area contributed by atoms with Crippen molar-refractivity contribution in [3.63, 3.8) is 0 Å². The third kappa shape index (κ3) is 12.9. The summed E-state index contributed by atoms with van der Waals surface area (Å²) in [6.07, 6.45) is 0. The van der Waals surface area contributed by atoms with Gasteiger partial charge in [0.15, 0.2) is 0 Å².